The lowest BCUT2D eigenvalue weighted by Crippen LogP contribution is -2.09. The van der Waals surface area contributed by atoms with E-state index in [4.69, 9.17) is 21.8 Å². The third kappa shape index (κ3) is 1.77. The highest BCUT2D eigenvalue weighted by Gasteiger charge is 2.12. The first kappa shape index (κ1) is 8.81. The van der Waals surface area contributed by atoms with Gasteiger partial charge in [-0.3, -0.25) is 0 Å². The van der Waals surface area contributed by atoms with Gasteiger partial charge in [0, 0.05) is 0 Å². The van der Waals surface area contributed by atoms with Crippen LogP contribution >= 0.6 is 22.9 Å². The summed E-state index contributed by atoms with van der Waals surface area (Å²) in [5, 5.41) is 4.36. The first-order chi connectivity index (χ1) is 6.27. The molecule has 1 atom stereocenters. The molecule has 0 aliphatic heterocycles. The van der Waals surface area contributed by atoms with Gasteiger partial charge in [-0.1, -0.05) is 0 Å². The molecule has 2 rings (SSSR count). The standard InChI is InChI=1S/C9H8ClNOS/c10-8-2-1-7(12-8)9(11)6-3-4-13-5-6/h1-5,9H,11H2. The number of thiophene rings is 1. The smallest absolute Gasteiger partial charge is 0.193 e. The lowest BCUT2D eigenvalue weighted by Gasteiger charge is -2.04. The van der Waals surface area contributed by atoms with Crippen molar-refractivity contribution < 1.29 is 4.42 Å². The summed E-state index contributed by atoms with van der Waals surface area (Å²) in [5.41, 5.74) is 6.98. The van der Waals surface area contributed by atoms with E-state index >= 15 is 0 Å². The molecule has 0 fully saturated rings. The SMILES string of the molecule is NC(c1ccsc1)c1ccc(Cl)o1. The molecule has 0 aliphatic rings. The molecule has 0 aliphatic carbocycles. The van der Waals surface area contributed by atoms with E-state index in [1.165, 1.54) is 0 Å². The highest BCUT2D eigenvalue weighted by molar-refractivity contribution is 7.07. The molecule has 0 saturated carbocycles. The molecular weight excluding hydrogens is 206 g/mol. The van der Waals surface area contributed by atoms with Crippen molar-refractivity contribution in [3.05, 3.63) is 45.5 Å². The number of furan rings is 1. The van der Waals surface area contributed by atoms with E-state index in [0.29, 0.717) is 11.0 Å². The van der Waals surface area contributed by atoms with E-state index in [9.17, 15) is 0 Å². The summed E-state index contributed by atoms with van der Waals surface area (Å²) in [6.07, 6.45) is 0. The second kappa shape index (κ2) is 3.54. The first-order valence-electron chi connectivity index (χ1n) is 3.80. The van der Waals surface area contributed by atoms with Crippen LogP contribution in [0.5, 0.6) is 0 Å². The topological polar surface area (TPSA) is 39.2 Å². The normalized spacial score (nSPS) is 13.1. The van der Waals surface area contributed by atoms with E-state index in [2.05, 4.69) is 0 Å². The molecule has 2 heterocycles. The van der Waals surface area contributed by atoms with Crippen LogP contribution < -0.4 is 5.73 Å². The van der Waals surface area contributed by atoms with Gasteiger partial charge in [0.15, 0.2) is 5.22 Å². The van der Waals surface area contributed by atoms with Crippen molar-refractivity contribution in [2.24, 2.45) is 5.73 Å². The Morgan fingerprint density at radius 2 is 2.23 bits per heavy atom. The Morgan fingerprint density at radius 1 is 1.38 bits per heavy atom. The van der Waals surface area contributed by atoms with Crippen LogP contribution in [0, 0.1) is 0 Å². The largest absolute Gasteiger partial charge is 0.448 e. The lowest BCUT2D eigenvalue weighted by atomic mass is 10.1. The van der Waals surface area contributed by atoms with Crippen LogP contribution in [0.3, 0.4) is 0 Å². The van der Waals surface area contributed by atoms with E-state index in [1.54, 1.807) is 23.5 Å². The zero-order chi connectivity index (χ0) is 9.26. The van der Waals surface area contributed by atoms with Gasteiger partial charge >= 0.3 is 0 Å². The van der Waals surface area contributed by atoms with Gasteiger partial charge in [0.2, 0.25) is 0 Å². The zero-order valence-electron chi connectivity index (χ0n) is 6.74. The molecule has 0 radical (unpaired) electrons. The molecule has 2 aromatic heterocycles. The van der Waals surface area contributed by atoms with Crippen LogP contribution in [-0.2, 0) is 0 Å². The van der Waals surface area contributed by atoms with Crippen molar-refractivity contribution in [2.45, 2.75) is 6.04 Å². The predicted octanol–water partition coefficient (Wildman–Crippen LogP) is 3.04. The minimum absolute atomic E-state index is 0.209. The fraction of sp³-hybridized carbons (Fsp3) is 0.111. The Balaban J connectivity index is 2.28. The van der Waals surface area contributed by atoms with E-state index in [0.717, 1.165) is 5.56 Å². The minimum Gasteiger partial charge on any atom is -0.448 e. The van der Waals surface area contributed by atoms with Gasteiger partial charge in [-0.05, 0) is 46.1 Å². The number of nitrogens with two attached hydrogens (primary N) is 1. The minimum atomic E-state index is -0.209. The van der Waals surface area contributed by atoms with Crippen molar-refractivity contribution in [3.63, 3.8) is 0 Å². The Kier molecular flexibility index (Phi) is 2.40. The van der Waals surface area contributed by atoms with Crippen molar-refractivity contribution in [1.82, 2.24) is 0 Å². The quantitative estimate of drug-likeness (QED) is 0.833. The van der Waals surface area contributed by atoms with Gasteiger partial charge in [-0.2, -0.15) is 11.3 Å². The molecule has 0 aromatic carbocycles. The van der Waals surface area contributed by atoms with Gasteiger partial charge in [-0.15, -0.1) is 0 Å². The Morgan fingerprint density at radius 3 is 2.77 bits per heavy atom. The first-order valence-corrected chi connectivity index (χ1v) is 5.12. The highest BCUT2D eigenvalue weighted by Crippen LogP contribution is 2.24. The molecule has 13 heavy (non-hydrogen) atoms. The molecule has 2 N–H and O–H groups in total. The summed E-state index contributed by atoms with van der Waals surface area (Å²) in [4.78, 5) is 0. The van der Waals surface area contributed by atoms with Crippen LogP contribution in [0.4, 0.5) is 0 Å². The molecule has 2 aromatic rings. The van der Waals surface area contributed by atoms with Crippen LogP contribution in [-0.4, -0.2) is 0 Å². The summed E-state index contributed by atoms with van der Waals surface area (Å²) in [5.74, 6) is 0.698. The zero-order valence-corrected chi connectivity index (χ0v) is 8.31. The second-order valence-electron chi connectivity index (χ2n) is 2.68. The van der Waals surface area contributed by atoms with Crippen molar-refractivity contribution in [2.75, 3.05) is 0 Å². The fourth-order valence-electron chi connectivity index (χ4n) is 1.11. The molecule has 0 amide bonds. The monoisotopic (exact) mass is 213 g/mol. The second-order valence-corrected chi connectivity index (χ2v) is 3.83. The summed E-state index contributed by atoms with van der Waals surface area (Å²) >= 11 is 7.26. The number of hydrogen-bond donors (Lipinski definition) is 1. The summed E-state index contributed by atoms with van der Waals surface area (Å²) < 4.78 is 5.21. The van der Waals surface area contributed by atoms with Crippen molar-refractivity contribution in [1.29, 1.82) is 0 Å². The summed E-state index contributed by atoms with van der Waals surface area (Å²) in [6.45, 7) is 0. The molecule has 0 saturated heterocycles. The van der Waals surface area contributed by atoms with Crippen LogP contribution in [0.1, 0.15) is 17.4 Å². The van der Waals surface area contributed by atoms with Gasteiger partial charge in [0.05, 0.1) is 6.04 Å². The van der Waals surface area contributed by atoms with E-state index in [-0.39, 0.29) is 6.04 Å². The third-order valence-electron chi connectivity index (χ3n) is 1.80. The van der Waals surface area contributed by atoms with E-state index < -0.39 is 0 Å². The summed E-state index contributed by atoms with van der Waals surface area (Å²) in [6, 6.07) is 5.26. The van der Waals surface area contributed by atoms with Gasteiger partial charge in [0.1, 0.15) is 5.76 Å². The Hall–Kier alpha value is -0.770. The van der Waals surface area contributed by atoms with Gasteiger partial charge in [0.25, 0.3) is 0 Å². The number of halogens is 1. The molecule has 1 unspecified atom stereocenters. The average molecular weight is 214 g/mol. The van der Waals surface area contributed by atoms with Crippen LogP contribution in [0.25, 0.3) is 0 Å². The number of hydrogen-bond acceptors (Lipinski definition) is 3. The summed E-state index contributed by atoms with van der Waals surface area (Å²) in [7, 11) is 0. The Bertz CT molecular complexity index is 382. The van der Waals surface area contributed by atoms with Gasteiger partial charge < -0.3 is 10.2 Å². The number of rotatable bonds is 2. The fourth-order valence-corrected chi connectivity index (χ4v) is 1.96. The lowest BCUT2D eigenvalue weighted by molar-refractivity contribution is 0.492. The molecule has 0 bridgehead atoms. The maximum atomic E-state index is 5.93. The third-order valence-corrected chi connectivity index (χ3v) is 2.71. The molecule has 0 spiro atoms. The molecular formula is C9H8ClNOS. The molecule has 4 heteroatoms. The van der Waals surface area contributed by atoms with Crippen molar-refractivity contribution >= 4 is 22.9 Å². The Labute approximate surface area is 84.9 Å². The maximum Gasteiger partial charge on any atom is 0.193 e. The van der Waals surface area contributed by atoms with E-state index in [1.807, 2.05) is 16.8 Å². The highest BCUT2D eigenvalue weighted by atomic mass is 35.5. The molecule has 2 nitrogen and oxygen atoms in total. The average Bonchev–Trinajstić information content (AvgIpc) is 2.72. The predicted molar refractivity (Wildman–Crippen MR) is 54.1 cm³/mol. The van der Waals surface area contributed by atoms with Crippen LogP contribution in [0.2, 0.25) is 5.22 Å². The van der Waals surface area contributed by atoms with Gasteiger partial charge in [-0.25, -0.2) is 0 Å². The van der Waals surface area contributed by atoms with Crippen molar-refractivity contribution in [3.8, 4) is 0 Å². The maximum absolute atomic E-state index is 5.93. The van der Waals surface area contributed by atoms with Crippen LogP contribution in [0.15, 0.2) is 33.4 Å². The molecule has 68 valence electrons.